The Morgan fingerprint density at radius 1 is 1.05 bits per heavy atom. The number of non-ortho nitro benzene ring substituents is 1. The van der Waals surface area contributed by atoms with E-state index >= 15 is 0 Å². The predicted molar refractivity (Wildman–Crippen MR) is 152 cm³/mol. The van der Waals surface area contributed by atoms with Crippen molar-refractivity contribution in [2.75, 3.05) is 39.4 Å². The molecule has 202 valence electrons. The van der Waals surface area contributed by atoms with Crippen LogP contribution in [0.25, 0.3) is 10.9 Å². The number of amides is 1. The van der Waals surface area contributed by atoms with E-state index in [4.69, 9.17) is 4.74 Å². The lowest BCUT2D eigenvalue weighted by Gasteiger charge is -2.26. The summed E-state index contributed by atoms with van der Waals surface area (Å²) < 4.78 is 7.54. The summed E-state index contributed by atoms with van der Waals surface area (Å²) >= 11 is 0. The highest BCUT2D eigenvalue weighted by molar-refractivity contribution is 5.88. The van der Waals surface area contributed by atoms with Crippen LogP contribution >= 0.6 is 0 Å². The van der Waals surface area contributed by atoms with Crippen LogP contribution in [0.5, 0.6) is 0 Å². The number of rotatable bonds is 10. The van der Waals surface area contributed by atoms with Crippen LogP contribution < -0.4 is 5.32 Å². The summed E-state index contributed by atoms with van der Waals surface area (Å²) in [6, 6.07) is 23.3. The van der Waals surface area contributed by atoms with Crippen molar-refractivity contribution >= 4 is 22.5 Å². The van der Waals surface area contributed by atoms with Crippen LogP contribution in [-0.2, 0) is 16.1 Å². The van der Waals surface area contributed by atoms with Crippen molar-refractivity contribution in [3.05, 3.63) is 111 Å². The molecular formula is C31H34N4O4. The van der Waals surface area contributed by atoms with Gasteiger partial charge < -0.3 is 14.6 Å². The number of hydrogen-bond donors (Lipinski definition) is 1. The molecule has 0 aliphatic carbocycles. The molecule has 1 atom stereocenters. The Hall–Kier alpha value is -4.01. The Morgan fingerprint density at radius 3 is 2.51 bits per heavy atom. The third-order valence-electron chi connectivity index (χ3n) is 7.40. The Bertz CT molecular complexity index is 1430. The smallest absolute Gasteiger partial charge is 0.270 e. The molecule has 1 amide bonds. The highest BCUT2D eigenvalue weighted by Crippen LogP contribution is 2.37. The second-order valence-corrected chi connectivity index (χ2v) is 10.1. The molecule has 1 aliphatic heterocycles. The number of nitro groups is 1. The van der Waals surface area contributed by atoms with Gasteiger partial charge in [0.1, 0.15) is 0 Å². The quantitative estimate of drug-likeness (QED) is 0.235. The zero-order valence-electron chi connectivity index (χ0n) is 22.2. The van der Waals surface area contributed by atoms with Crippen LogP contribution in [0.1, 0.15) is 34.6 Å². The maximum Gasteiger partial charge on any atom is 0.270 e. The summed E-state index contributed by atoms with van der Waals surface area (Å²) in [5, 5.41) is 15.6. The van der Waals surface area contributed by atoms with E-state index in [9.17, 15) is 14.9 Å². The summed E-state index contributed by atoms with van der Waals surface area (Å²) in [6.07, 6.45) is 2.31. The van der Waals surface area contributed by atoms with Gasteiger partial charge in [0.05, 0.1) is 18.1 Å². The fourth-order valence-electron chi connectivity index (χ4n) is 5.26. The van der Waals surface area contributed by atoms with E-state index in [2.05, 4.69) is 45.2 Å². The number of nitro benzene ring substituents is 1. The number of hydrogen-bond acceptors (Lipinski definition) is 5. The molecule has 8 nitrogen and oxygen atoms in total. The maximum absolute atomic E-state index is 13.2. The van der Waals surface area contributed by atoms with Crippen molar-refractivity contribution in [1.29, 1.82) is 0 Å². The number of nitrogens with one attached hydrogen (secondary N) is 1. The summed E-state index contributed by atoms with van der Waals surface area (Å²) in [7, 11) is 0. The molecule has 0 bridgehead atoms. The summed E-state index contributed by atoms with van der Waals surface area (Å²) in [4.78, 5) is 26.9. The van der Waals surface area contributed by atoms with E-state index in [1.165, 1.54) is 0 Å². The molecule has 0 radical (unpaired) electrons. The molecule has 1 N–H and O–H groups in total. The van der Waals surface area contributed by atoms with Gasteiger partial charge in [-0.2, -0.15) is 0 Å². The fraction of sp³-hybridized carbons (Fsp3) is 0.323. The van der Waals surface area contributed by atoms with Crippen molar-refractivity contribution in [3.63, 3.8) is 0 Å². The van der Waals surface area contributed by atoms with E-state index in [1.54, 1.807) is 12.1 Å². The largest absolute Gasteiger partial charge is 0.379 e. The standard InChI is InChI=1S/C31H34N4O4/c1-23-7-9-25(10-8-23)27(20-31(36)32-13-14-33-15-17-39-18-16-33)29-22-34(21-24-5-3-2-4-6-24)30-12-11-26(35(37)38)19-28(29)30/h2-12,19,22,27H,13-18,20-21H2,1H3,(H,32,36)/t27-/m1/s1. The number of carbonyl (C=O) groups excluding carboxylic acids is 1. The number of aryl methyl sites for hydroxylation is 1. The van der Waals surface area contributed by atoms with Gasteiger partial charge in [-0.1, -0.05) is 60.2 Å². The number of carbonyl (C=O) groups is 1. The van der Waals surface area contributed by atoms with Crippen LogP contribution in [0, 0.1) is 17.0 Å². The minimum absolute atomic E-state index is 0.0387. The highest BCUT2D eigenvalue weighted by Gasteiger charge is 2.24. The van der Waals surface area contributed by atoms with E-state index in [-0.39, 0.29) is 28.9 Å². The van der Waals surface area contributed by atoms with Crippen LogP contribution in [0.4, 0.5) is 5.69 Å². The first kappa shape index (κ1) is 26.6. The zero-order chi connectivity index (χ0) is 27.2. The lowest BCUT2D eigenvalue weighted by Crippen LogP contribution is -2.41. The van der Waals surface area contributed by atoms with E-state index in [0.717, 1.165) is 66.0 Å². The van der Waals surface area contributed by atoms with Crippen LogP contribution in [0.15, 0.2) is 79.0 Å². The number of ether oxygens (including phenoxy) is 1. The topological polar surface area (TPSA) is 89.6 Å². The monoisotopic (exact) mass is 526 g/mol. The van der Waals surface area contributed by atoms with Crippen LogP contribution in [0.3, 0.4) is 0 Å². The minimum Gasteiger partial charge on any atom is -0.379 e. The molecule has 1 saturated heterocycles. The molecule has 4 aromatic rings. The van der Waals surface area contributed by atoms with E-state index < -0.39 is 0 Å². The second-order valence-electron chi connectivity index (χ2n) is 10.1. The van der Waals surface area contributed by atoms with Crippen LogP contribution in [-0.4, -0.2) is 59.7 Å². The molecule has 8 heteroatoms. The minimum atomic E-state index is -0.364. The maximum atomic E-state index is 13.2. The molecule has 1 aliphatic rings. The summed E-state index contributed by atoms with van der Waals surface area (Å²) in [5.41, 5.74) is 5.13. The Balaban J connectivity index is 1.48. The molecule has 1 fully saturated rings. The normalized spacial score (nSPS) is 14.8. The van der Waals surface area contributed by atoms with Crippen LogP contribution in [0.2, 0.25) is 0 Å². The number of fused-ring (bicyclic) bond motifs is 1. The molecule has 5 rings (SSSR count). The fourth-order valence-corrected chi connectivity index (χ4v) is 5.26. The van der Waals surface area contributed by atoms with E-state index in [0.29, 0.717) is 13.1 Å². The summed E-state index contributed by atoms with van der Waals surface area (Å²) in [5.74, 6) is -0.293. The lowest BCUT2D eigenvalue weighted by atomic mass is 9.87. The van der Waals surface area contributed by atoms with Gasteiger partial charge in [-0.15, -0.1) is 0 Å². The Morgan fingerprint density at radius 2 is 1.79 bits per heavy atom. The van der Waals surface area contributed by atoms with Gasteiger partial charge in [0.15, 0.2) is 0 Å². The van der Waals surface area contributed by atoms with Gasteiger partial charge in [0.2, 0.25) is 5.91 Å². The average molecular weight is 527 g/mol. The third kappa shape index (κ3) is 6.53. The lowest BCUT2D eigenvalue weighted by molar-refractivity contribution is -0.384. The molecule has 0 spiro atoms. The van der Waals surface area contributed by atoms with Gasteiger partial charge in [-0.3, -0.25) is 19.8 Å². The molecule has 0 saturated carbocycles. The predicted octanol–water partition coefficient (Wildman–Crippen LogP) is 4.88. The first-order valence-electron chi connectivity index (χ1n) is 13.4. The van der Waals surface area contributed by atoms with Gasteiger partial charge in [-0.25, -0.2) is 0 Å². The number of aromatic nitrogens is 1. The SMILES string of the molecule is Cc1ccc([C@@H](CC(=O)NCCN2CCOCC2)c2cn(Cc3ccccc3)c3ccc([N+](=O)[O-])cc23)cc1. The third-order valence-corrected chi connectivity index (χ3v) is 7.40. The molecule has 2 heterocycles. The van der Waals surface area contributed by atoms with Gasteiger partial charge >= 0.3 is 0 Å². The Labute approximate surface area is 228 Å². The summed E-state index contributed by atoms with van der Waals surface area (Å²) in [6.45, 7) is 7.22. The van der Waals surface area contributed by atoms with Crippen molar-refractivity contribution in [2.24, 2.45) is 0 Å². The zero-order valence-corrected chi connectivity index (χ0v) is 22.2. The number of morpholine rings is 1. The highest BCUT2D eigenvalue weighted by atomic mass is 16.6. The van der Waals surface area contributed by atoms with Crippen molar-refractivity contribution in [1.82, 2.24) is 14.8 Å². The second kappa shape index (κ2) is 12.2. The molecule has 0 unspecified atom stereocenters. The molecular weight excluding hydrogens is 492 g/mol. The van der Waals surface area contributed by atoms with Crippen molar-refractivity contribution < 1.29 is 14.5 Å². The van der Waals surface area contributed by atoms with E-state index in [1.807, 2.05) is 43.3 Å². The first-order chi connectivity index (χ1) is 19.0. The Kier molecular flexibility index (Phi) is 8.34. The van der Waals surface area contributed by atoms with Crippen molar-refractivity contribution in [3.8, 4) is 0 Å². The molecule has 1 aromatic heterocycles. The van der Waals surface area contributed by atoms with Gasteiger partial charge in [0, 0.05) is 74.3 Å². The molecule has 39 heavy (non-hydrogen) atoms. The van der Waals surface area contributed by atoms with Gasteiger partial charge in [-0.05, 0) is 29.7 Å². The molecule has 3 aromatic carbocycles. The van der Waals surface area contributed by atoms with Crippen molar-refractivity contribution in [2.45, 2.75) is 25.8 Å². The number of nitrogens with zero attached hydrogens (tertiary/aromatic N) is 3. The number of benzene rings is 3. The van der Waals surface area contributed by atoms with Gasteiger partial charge in [0.25, 0.3) is 5.69 Å². The average Bonchev–Trinajstić information content (AvgIpc) is 3.30. The first-order valence-corrected chi connectivity index (χ1v) is 13.4.